The van der Waals surface area contributed by atoms with Crippen LogP contribution >= 0.6 is 45.8 Å². The van der Waals surface area contributed by atoms with Crippen LogP contribution < -0.4 is 0 Å². The van der Waals surface area contributed by atoms with E-state index in [9.17, 15) is 4.79 Å². The summed E-state index contributed by atoms with van der Waals surface area (Å²) in [6.07, 6.45) is 0.221. The van der Waals surface area contributed by atoms with E-state index >= 15 is 0 Å². The van der Waals surface area contributed by atoms with Gasteiger partial charge in [-0.15, -0.1) is 0 Å². The molecular formula is C14H9Cl2IO. The zero-order chi connectivity index (χ0) is 13.1. The third-order valence-corrected chi connectivity index (χ3v) is 4.22. The Morgan fingerprint density at radius 1 is 1.00 bits per heavy atom. The molecule has 0 aliphatic heterocycles. The zero-order valence-corrected chi connectivity index (χ0v) is 13.0. The average molecular weight is 391 g/mol. The molecule has 0 amide bonds. The van der Waals surface area contributed by atoms with Crippen LogP contribution in [0.4, 0.5) is 0 Å². The zero-order valence-electron chi connectivity index (χ0n) is 9.29. The van der Waals surface area contributed by atoms with E-state index < -0.39 is 0 Å². The summed E-state index contributed by atoms with van der Waals surface area (Å²) in [7, 11) is 0. The van der Waals surface area contributed by atoms with Crippen LogP contribution in [-0.4, -0.2) is 5.78 Å². The Bertz CT molecular complexity index is 576. The second-order valence-electron chi connectivity index (χ2n) is 3.78. The first-order chi connectivity index (χ1) is 8.59. The second-order valence-corrected chi connectivity index (χ2v) is 5.76. The number of rotatable bonds is 3. The van der Waals surface area contributed by atoms with E-state index in [4.69, 9.17) is 23.2 Å². The Kier molecular flexibility index (Phi) is 4.65. The molecule has 0 fully saturated rings. The van der Waals surface area contributed by atoms with E-state index in [1.54, 1.807) is 18.2 Å². The van der Waals surface area contributed by atoms with Crippen LogP contribution in [0, 0.1) is 3.57 Å². The van der Waals surface area contributed by atoms with Gasteiger partial charge in [0.15, 0.2) is 5.78 Å². The molecule has 2 aromatic rings. The van der Waals surface area contributed by atoms with Gasteiger partial charge in [0.1, 0.15) is 0 Å². The first kappa shape index (κ1) is 13.8. The third kappa shape index (κ3) is 3.05. The number of carbonyl (C=O) groups is 1. The Morgan fingerprint density at radius 2 is 1.61 bits per heavy atom. The van der Waals surface area contributed by atoms with E-state index in [1.807, 2.05) is 24.3 Å². The van der Waals surface area contributed by atoms with Crippen LogP contribution in [0.5, 0.6) is 0 Å². The highest BCUT2D eigenvalue weighted by molar-refractivity contribution is 14.1. The lowest BCUT2D eigenvalue weighted by Crippen LogP contribution is -2.06. The normalized spacial score (nSPS) is 10.4. The van der Waals surface area contributed by atoms with E-state index in [0.29, 0.717) is 21.2 Å². The molecule has 0 atom stereocenters. The number of ketones is 1. The fourth-order valence-corrected chi connectivity index (χ4v) is 2.86. The summed E-state index contributed by atoms with van der Waals surface area (Å²) in [5, 5.41) is 1.06. The summed E-state index contributed by atoms with van der Waals surface area (Å²) in [5.41, 5.74) is 1.39. The molecule has 0 saturated carbocycles. The van der Waals surface area contributed by atoms with Gasteiger partial charge in [-0.05, 0) is 46.4 Å². The number of hydrogen-bond donors (Lipinski definition) is 0. The predicted molar refractivity (Wildman–Crippen MR) is 83.7 cm³/mol. The van der Waals surface area contributed by atoms with Crippen LogP contribution in [0.1, 0.15) is 15.9 Å². The smallest absolute Gasteiger partial charge is 0.168 e. The maximum atomic E-state index is 12.2. The molecule has 0 saturated heterocycles. The van der Waals surface area contributed by atoms with Crippen LogP contribution in [0.25, 0.3) is 0 Å². The van der Waals surface area contributed by atoms with Crippen molar-refractivity contribution in [2.24, 2.45) is 0 Å². The molecule has 0 aliphatic carbocycles. The second kappa shape index (κ2) is 6.04. The molecule has 0 aliphatic rings. The van der Waals surface area contributed by atoms with E-state index in [2.05, 4.69) is 22.6 Å². The van der Waals surface area contributed by atoms with Gasteiger partial charge in [0.05, 0.1) is 0 Å². The van der Waals surface area contributed by atoms with Gasteiger partial charge in [-0.25, -0.2) is 0 Å². The summed E-state index contributed by atoms with van der Waals surface area (Å²) in [6, 6.07) is 12.7. The molecule has 18 heavy (non-hydrogen) atoms. The number of halogens is 3. The van der Waals surface area contributed by atoms with Crippen molar-refractivity contribution in [3.05, 3.63) is 67.2 Å². The van der Waals surface area contributed by atoms with Gasteiger partial charge in [0, 0.05) is 25.6 Å². The molecule has 0 aromatic heterocycles. The summed E-state index contributed by atoms with van der Waals surface area (Å²) >= 11 is 14.3. The fourth-order valence-electron chi connectivity index (χ4n) is 1.64. The van der Waals surface area contributed by atoms with Crippen molar-refractivity contribution in [2.45, 2.75) is 6.42 Å². The van der Waals surface area contributed by atoms with Crippen molar-refractivity contribution in [3.8, 4) is 0 Å². The van der Waals surface area contributed by atoms with Crippen LogP contribution in [-0.2, 0) is 6.42 Å². The van der Waals surface area contributed by atoms with Crippen molar-refractivity contribution < 1.29 is 4.79 Å². The lowest BCUT2D eigenvalue weighted by Gasteiger charge is -2.07. The molecule has 2 rings (SSSR count). The molecule has 0 unspecified atom stereocenters. The standard InChI is InChI=1S/C14H9Cl2IO/c15-11-5-3-6-12(16)10(11)8-14(18)9-4-1-2-7-13(9)17/h1-7H,8H2. The monoisotopic (exact) mass is 390 g/mol. The summed E-state index contributed by atoms with van der Waals surface area (Å²) in [6.45, 7) is 0. The summed E-state index contributed by atoms with van der Waals surface area (Å²) in [5.74, 6) is 0.0231. The first-order valence-electron chi connectivity index (χ1n) is 5.30. The lowest BCUT2D eigenvalue weighted by molar-refractivity contribution is 0.0992. The minimum Gasteiger partial charge on any atom is -0.294 e. The van der Waals surface area contributed by atoms with Gasteiger partial charge >= 0.3 is 0 Å². The van der Waals surface area contributed by atoms with Crippen LogP contribution in [0.2, 0.25) is 10.0 Å². The van der Waals surface area contributed by atoms with E-state index in [0.717, 1.165) is 3.57 Å². The summed E-state index contributed by atoms with van der Waals surface area (Å²) < 4.78 is 0.934. The Hall–Kier alpha value is -0.580. The van der Waals surface area contributed by atoms with Gasteiger partial charge in [0.25, 0.3) is 0 Å². The largest absolute Gasteiger partial charge is 0.294 e. The quantitative estimate of drug-likeness (QED) is 0.531. The molecule has 0 N–H and O–H groups in total. The molecule has 0 heterocycles. The topological polar surface area (TPSA) is 17.1 Å². The molecule has 0 radical (unpaired) electrons. The highest BCUT2D eigenvalue weighted by atomic mass is 127. The van der Waals surface area contributed by atoms with Gasteiger partial charge in [-0.1, -0.05) is 47.5 Å². The molecule has 0 spiro atoms. The lowest BCUT2D eigenvalue weighted by atomic mass is 10.0. The molecule has 0 bridgehead atoms. The molecule has 2 aromatic carbocycles. The molecule has 4 heteroatoms. The van der Waals surface area contributed by atoms with Gasteiger partial charge in [-0.2, -0.15) is 0 Å². The predicted octanol–water partition coefficient (Wildman–Crippen LogP) is 5.02. The number of Topliss-reactive ketones (excluding diaryl/α,β-unsaturated/α-hetero) is 1. The number of hydrogen-bond acceptors (Lipinski definition) is 1. The Labute approximate surface area is 129 Å². The van der Waals surface area contributed by atoms with Crippen molar-refractivity contribution >= 4 is 51.6 Å². The van der Waals surface area contributed by atoms with Crippen molar-refractivity contribution in [1.29, 1.82) is 0 Å². The van der Waals surface area contributed by atoms with Gasteiger partial charge in [0.2, 0.25) is 0 Å². The number of benzene rings is 2. The van der Waals surface area contributed by atoms with Crippen LogP contribution in [0.3, 0.4) is 0 Å². The highest BCUT2D eigenvalue weighted by Crippen LogP contribution is 2.26. The maximum absolute atomic E-state index is 12.2. The van der Waals surface area contributed by atoms with Crippen molar-refractivity contribution in [3.63, 3.8) is 0 Å². The highest BCUT2D eigenvalue weighted by Gasteiger charge is 2.14. The average Bonchev–Trinajstić information content (AvgIpc) is 2.34. The SMILES string of the molecule is O=C(Cc1c(Cl)cccc1Cl)c1ccccc1I. The Balaban J connectivity index is 2.30. The number of carbonyl (C=O) groups excluding carboxylic acids is 1. The van der Waals surface area contributed by atoms with Crippen LogP contribution in [0.15, 0.2) is 42.5 Å². The van der Waals surface area contributed by atoms with Crippen molar-refractivity contribution in [1.82, 2.24) is 0 Å². The van der Waals surface area contributed by atoms with Gasteiger partial charge in [-0.3, -0.25) is 4.79 Å². The maximum Gasteiger partial charge on any atom is 0.168 e. The molecule has 92 valence electrons. The van der Waals surface area contributed by atoms with Gasteiger partial charge < -0.3 is 0 Å². The van der Waals surface area contributed by atoms with E-state index in [1.165, 1.54) is 0 Å². The molecular weight excluding hydrogens is 382 g/mol. The minimum atomic E-state index is 0.0231. The van der Waals surface area contributed by atoms with Crippen molar-refractivity contribution in [2.75, 3.05) is 0 Å². The Morgan fingerprint density at radius 3 is 2.22 bits per heavy atom. The third-order valence-electron chi connectivity index (χ3n) is 2.57. The first-order valence-corrected chi connectivity index (χ1v) is 7.13. The van der Waals surface area contributed by atoms with E-state index in [-0.39, 0.29) is 12.2 Å². The molecule has 1 nitrogen and oxygen atoms in total. The minimum absolute atomic E-state index is 0.0231. The fraction of sp³-hybridized carbons (Fsp3) is 0.0714. The summed E-state index contributed by atoms with van der Waals surface area (Å²) in [4.78, 5) is 12.2.